The van der Waals surface area contributed by atoms with Gasteiger partial charge < -0.3 is 15.4 Å². The summed E-state index contributed by atoms with van der Waals surface area (Å²) in [6.45, 7) is 5.40. The molecule has 1 aliphatic rings. The Balaban J connectivity index is 1.42. The van der Waals surface area contributed by atoms with Gasteiger partial charge >= 0.3 is 0 Å². The van der Waals surface area contributed by atoms with E-state index < -0.39 is 5.54 Å². The third-order valence-corrected chi connectivity index (χ3v) is 6.13. The molecule has 0 radical (unpaired) electrons. The summed E-state index contributed by atoms with van der Waals surface area (Å²) in [6, 6.07) is 23.9. The van der Waals surface area contributed by atoms with E-state index in [2.05, 4.69) is 29.2 Å². The van der Waals surface area contributed by atoms with E-state index in [1.54, 1.807) is 0 Å². The molecule has 2 heterocycles. The van der Waals surface area contributed by atoms with Gasteiger partial charge in [0.25, 0.3) is 5.91 Å². The zero-order chi connectivity index (χ0) is 23.0. The van der Waals surface area contributed by atoms with Crippen LogP contribution < -0.4 is 10.5 Å². The largest absolute Gasteiger partial charge is 0.491 e. The Bertz CT molecular complexity index is 1320. The summed E-state index contributed by atoms with van der Waals surface area (Å²) < 4.78 is 5.96. The number of amides is 1. The summed E-state index contributed by atoms with van der Waals surface area (Å²) in [5.41, 5.74) is 11.4. The van der Waals surface area contributed by atoms with Crippen LogP contribution in [0, 0.1) is 0 Å². The summed E-state index contributed by atoms with van der Waals surface area (Å²) in [5.74, 6) is 0.814. The molecule has 0 saturated heterocycles. The van der Waals surface area contributed by atoms with E-state index >= 15 is 0 Å². The molecule has 166 valence electrons. The van der Waals surface area contributed by atoms with Gasteiger partial charge in [-0.25, -0.2) is 0 Å². The van der Waals surface area contributed by atoms with Gasteiger partial charge in [-0.1, -0.05) is 36.4 Å². The lowest BCUT2D eigenvalue weighted by atomic mass is 9.94. The van der Waals surface area contributed by atoms with Crippen molar-refractivity contribution in [2.24, 2.45) is 5.73 Å². The first kappa shape index (κ1) is 21.2. The van der Waals surface area contributed by atoms with Crippen LogP contribution in [-0.2, 0) is 12.1 Å². The van der Waals surface area contributed by atoms with Crippen LogP contribution in [0.2, 0.25) is 0 Å². The molecule has 0 spiro atoms. The molecule has 0 unspecified atom stereocenters. The van der Waals surface area contributed by atoms with Gasteiger partial charge in [-0.05, 0) is 61.4 Å². The predicted molar refractivity (Wildman–Crippen MR) is 131 cm³/mol. The number of hydrogen-bond acceptors (Lipinski definition) is 4. The fourth-order valence-corrected chi connectivity index (χ4v) is 4.20. The van der Waals surface area contributed by atoms with Crippen LogP contribution >= 0.6 is 0 Å². The van der Waals surface area contributed by atoms with Gasteiger partial charge in [-0.15, -0.1) is 0 Å². The Labute approximate surface area is 193 Å². The first-order valence-corrected chi connectivity index (χ1v) is 11.2. The van der Waals surface area contributed by atoms with Crippen LogP contribution in [0.3, 0.4) is 0 Å². The van der Waals surface area contributed by atoms with Crippen molar-refractivity contribution in [3.05, 3.63) is 95.7 Å². The minimum Gasteiger partial charge on any atom is -0.491 e. The zero-order valence-corrected chi connectivity index (χ0v) is 18.9. The van der Waals surface area contributed by atoms with E-state index in [0.717, 1.165) is 38.9 Å². The highest BCUT2D eigenvalue weighted by Crippen LogP contribution is 2.31. The number of carbonyl (C=O) groups excluding carboxylic acids is 1. The SMILES string of the molecule is CC(C)(N)c1ccc(C(=O)N2CCOc3ccc(-c4cnc5ccccc5c4)cc3C2)cc1. The van der Waals surface area contributed by atoms with Crippen molar-refractivity contribution in [1.82, 2.24) is 9.88 Å². The van der Waals surface area contributed by atoms with E-state index in [4.69, 9.17) is 10.5 Å². The number of aromatic nitrogens is 1. The maximum Gasteiger partial charge on any atom is 0.254 e. The van der Waals surface area contributed by atoms with Gasteiger partial charge in [-0.3, -0.25) is 9.78 Å². The van der Waals surface area contributed by atoms with Gasteiger partial charge in [0.15, 0.2) is 0 Å². The van der Waals surface area contributed by atoms with E-state index in [1.165, 1.54) is 0 Å². The molecule has 0 bridgehead atoms. The average molecular weight is 438 g/mol. The summed E-state index contributed by atoms with van der Waals surface area (Å²) in [7, 11) is 0. The quantitative estimate of drug-likeness (QED) is 0.482. The number of nitrogens with zero attached hydrogens (tertiary/aromatic N) is 2. The number of fused-ring (bicyclic) bond motifs is 2. The molecule has 2 N–H and O–H groups in total. The lowest BCUT2D eigenvalue weighted by molar-refractivity contribution is 0.0733. The summed E-state index contributed by atoms with van der Waals surface area (Å²) in [5, 5.41) is 1.10. The number of carbonyl (C=O) groups is 1. The maximum absolute atomic E-state index is 13.3. The highest BCUT2D eigenvalue weighted by atomic mass is 16.5. The molecule has 5 nitrogen and oxygen atoms in total. The summed E-state index contributed by atoms with van der Waals surface area (Å²) in [4.78, 5) is 19.7. The molecule has 1 aliphatic heterocycles. The molecule has 0 fully saturated rings. The number of pyridine rings is 1. The normalized spacial score (nSPS) is 13.8. The van der Waals surface area contributed by atoms with Crippen LogP contribution in [0.1, 0.15) is 35.3 Å². The lowest BCUT2D eigenvalue weighted by Gasteiger charge is -2.22. The maximum atomic E-state index is 13.3. The Hall–Kier alpha value is -3.70. The van der Waals surface area contributed by atoms with Crippen LogP contribution in [0.15, 0.2) is 79.0 Å². The van der Waals surface area contributed by atoms with Crippen LogP contribution in [-0.4, -0.2) is 28.9 Å². The minimum atomic E-state index is -0.440. The van der Waals surface area contributed by atoms with E-state index in [1.807, 2.05) is 73.5 Å². The van der Waals surface area contributed by atoms with Crippen LogP contribution in [0.4, 0.5) is 0 Å². The molecule has 0 atom stereocenters. The second-order valence-corrected chi connectivity index (χ2v) is 9.11. The molecule has 4 aromatic rings. The first-order chi connectivity index (χ1) is 15.9. The van der Waals surface area contributed by atoms with Gasteiger partial charge in [0.2, 0.25) is 0 Å². The minimum absolute atomic E-state index is 0.00870. The third kappa shape index (κ3) is 4.32. The first-order valence-electron chi connectivity index (χ1n) is 11.2. The lowest BCUT2D eigenvalue weighted by Crippen LogP contribution is -2.33. The number of ether oxygens (including phenoxy) is 1. The van der Waals surface area contributed by atoms with Gasteiger partial charge in [-0.2, -0.15) is 0 Å². The Kier molecular flexibility index (Phi) is 5.35. The average Bonchev–Trinajstić information content (AvgIpc) is 3.05. The Morgan fingerprint density at radius 3 is 2.58 bits per heavy atom. The highest BCUT2D eigenvalue weighted by molar-refractivity contribution is 5.94. The predicted octanol–water partition coefficient (Wildman–Crippen LogP) is 5.13. The molecule has 3 aromatic carbocycles. The third-order valence-electron chi connectivity index (χ3n) is 6.13. The monoisotopic (exact) mass is 437 g/mol. The molecule has 1 aromatic heterocycles. The molecular weight excluding hydrogens is 410 g/mol. The fraction of sp³-hybridized carbons (Fsp3) is 0.214. The van der Waals surface area contributed by atoms with Crippen molar-refractivity contribution in [3.63, 3.8) is 0 Å². The Morgan fingerprint density at radius 2 is 1.79 bits per heavy atom. The molecular formula is C28H27N3O2. The second kappa shape index (κ2) is 8.34. The summed E-state index contributed by atoms with van der Waals surface area (Å²) in [6.07, 6.45) is 1.89. The fourth-order valence-electron chi connectivity index (χ4n) is 4.20. The topological polar surface area (TPSA) is 68.5 Å². The van der Waals surface area contributed by atoms with Crippen molar-refractivity contribution in [2.75, 3.05) is 13.2 Å². The number of para-hydroxylation sites is 1. The summed E-state index contributed by atoms with van der Waals surface area (Å²) >= 11 is 0. The molecule has 5 rings (SSSR count). The number of hydrogen-bond donors (Lipinski definition) is 1. The van der Waals surface area contributed by atoms with Gasteiger partial charge in [0.05, 0.1) is 12.1 Å². The van der Waals surface area contributed by atoms with E-state index in [9.17, 15) is 4.79 Å². The van der Waals surface area contributed by atoms with Crippen LogP contribution in [0.5, 0.6) is 5.75 Å². The highest BCUT2D eigenvalue weighted by Gasteiger charge is 2.22. The number of rotatable bonds is 3. The van der Waals surface area contributed by atoms with Crippen LogP contribution in [0.25, 0.3) is 22.0 Å². The second-order valence-electron chi connectivity index (χ2n) is 9.11. The molecule has 33 heavy (non-hydrogen) atoms. The molecule has 0 saturated carbocycles. The molecule has 0 aliphatic carbocycles. The molecule has 5 heteroatoms. The van der Waals surface area contributed by atoms with Crippen molar-refractivity contribution < 1.29 is 9.53 Å². The van der Waals surface area contributed by atoms with E-state index in [0.29, 0.717) is 25.3 Å². The van der Waals surface area contributed by atoms with Crippen molar-refractivity contribution in [1.29, 1.82) is 0 Å². The van der Waals surface area contributed by atoms with Gasteiger partial charge in [0, 0.05) is 40.4 Å². The number of benzene rings is 3. The molecule has 1 amide bonds. The smallest absolute Gasteiger partial charge is 0.254 e. The van der Waals surface area contributed by atoms with Gasteiger partial charge in [0.1, 0.15) is 12.4 Å². The standard InChI is InChI=1S/C28H27N3O2/c1-28(2,29)24-10-7-19(8-11-24)27(32)31-13-14-33-26-12-9-20(15-23(26)18-31)22-16-21-5-3-4-6-25(21)30-17-22/h3-12,15-17H,13-14,18,29H2,1-2H3. The van der Waals surface area contributed by atoms with Crippen molar-refractivity contribution in [2.45, 2.75) is 25.9 Å². The van der Waals surface area contributed by atoms with Crippen molar-refractivity contribution >= 4 is 16.8 Å². The Morgan fingerprint density at radius 1 is 1.00 bits per heavy atom. The zero-order valence-electron chi connectivity index (χ0n) is 18.9. The van der Waals surface area contributed by atoms with E-state index in [-0.39, 0.29) is 5.91 Å². The van der Waals surface area contributed by atoms with Crippen molar-refractivity contribution in [3.8, 4) is 16.9 Å². The number of nitrogens with two attached hydrogens (primary N) is 1.